The zero-order valence-corrected chi connectivity index (χ0v) is 14.5. The van der Waals surface area contributed by atoms with Gasteiger partial charge in [-0.15, -0.1) is 10.2 Å². The molecule has 0 amide bonds. The Hall–Kier alpha value is -1.49. The highest BCUT2D eigenvalue weighted by molar-refractivity contribution is 7.99. The summed E-state index contributed by atoms with van der Waals surface area (Å²) in [6.07, 6.45) is 6.44. The van der Waals surface area contributed by atoms with Crippen molar-refractivity contribution < 1.29 is 0 Å². The molecular weight excluding hydrogens is 304 g/mol. The van der Waals surface area contributed by atoms with Crippen LogP contribution in [0.5, 0.6) is 0 Å². The summed E-state index contributed by atoms with van der Waals surface area (Å²) in [6.45, 7) is 4.51. The van der Waals surface area contributed by atoms with Gasteiger partial charge in [-0.25, -0.2) is 0 Å². The van der Waals surface area contributed by atoms with Crippen LogP contribution in [0.25, 0.3) is 0 Å². The smallest absolute Gasteiger partial charge is 0.228 e. The van der Waals surface area contributed by atoms with Crippen molar-refractivity contribution in [2.45, 2.75) is 55.5 Å². The Morgan fingerprint density at radius 3 is 2.48 bits per heavy atom. The zero-order chi connectivity index (χ0) is 15.6. The maximum absolute atomic E-state index is 4.57. The molecule has 0 bridgehead atoms. The number of benzene rings is 1. The van der Waals surface area contributed by atoms with Crippen molar-refractivity contribution in [2.75, 3.05) is 18.0 Å². The summed E-state index contributed by atoms with van der Waals surface area (Å²) in [5, 5.41) is 10.6. The van der Waals surface area contributed by atoms with Gasteiger partial charge in [0, 0.05) is 24.4 Å². The van der Waals surface area contributed by atoms with Gasteiger partial charge in [-0.2, -0.15) is 0 Å². The van der Waals surface area contributed by atoms with Gasteiger partial charge < -0.3 is 4.90 Å². The monoisotopic (exact) mass is 328 g/mol. The summed E-state index contributed by atoms with van der Waals surface area (Å²) in [6, 6.07) is 11.3. The van der Waals surface area contributed by atoms with Crippen LogP contribution in [0.1, 0.15) is 55.9 Å². The lowest BCUT2D eigenvalue weighted by Crippen LogP contribution is -2.31. The summed E-state index contributed by atoms with van der Waals surface area (Å²) in [5.74, 6) is 1.11. The summed E-state index contributed by atoms with van der Waals surface area (Å²) in [4.78, 5) is 2.44. The predicted molar refractivity (Wildman–Crippen MR) is 95.1 cm³/mol. The van der Waals surface area contributed by atoms with E-state index >= 15 is 0 Å². The molecule has 1 aliphatic heterocycles. The second kappa shape index (κ2) is 6.56. The number of nitrogens with zero attached hydrogens (tertiary/aromatic N) is 4. The number of hydrogen-bond donors (Lipinski definition) is 0. The highest BCUT2D eigenvalue weighted by Gasteiger charge is 2.32. The molecule has 1 aliphatic carbocycles. The molecule has 2 aromatic rings. The molecule has 1 saturated heterocycles. The predicted octanol–water partition coefficient (Wildman–Crippen LogP) is 4.46. The third kappa shape index (κ3) is 3.25. The third-order valence-electron chi connectivity index (χ3n) is 4.75. The molecule has 5 heteroatoms. The van der Waals surface area contributed by atoms with Crippen LogP contribution < -0.4 is 4.90 Å². The van der Waals surface area contributed by atoms with Crippen molar-refractivity contribution in [3.8, 4) is 0 Å². The topological polar surface area (TPSA) is 34.0 Å². The SMILES string of the molecule is CC(Sc1nnc(N2CCCCC2)n1C1CC1)c1ccccc1. The van der Waals surface area contributed by atoms with Gasteiger partial charge in [-0.05, 0) is 44.6 Å². The molecular formula is C18H24N4S. The molecule has 1 aromatic heterocycles. The van der Waals surface area contributed by atoms with Gasteiger partial charge in [-0.1, -0.05) is 42.1 Å². The molecule has 2 aliphatic rings. The van der Waals surface area contributed by atoms with Crippen molar-refractivity contribution in [2.24, 2.45) is 0 Å². The van der Waals surface area contributed by atoms with Crippen molar-refractivity contribution in [3.05, 3.63) is 35.9 Å². The Balaban J connectivity index is 1.57. The maximum atomic E-state index is 4.57. The standard InChI is InChI=1S/C18H24N4S/c1-14(15-8-4-2-5-9-15)23-18-20-19-17(22(18)16-10-11-16)21-12-6-3-7-13-21/h2,4-5,8-9,14,16H,3,6-7,10-13H2,1H3. The molecule has 0 radical (unpaired) electrons. The van der Waals surface area contributed by atoms with E-state index in [4.69, 9.17) is 0 Å². The van der Waals surface area contributed by atoms with Gasteiger partial charge in [0.15, 0.2) is 5.16 Å². The largest absolute Gasteiger partial charge is 0.341 e. The molecule has 4 rings (SSSR count). The Morgan fingerprint density at radius 1 is 1.04 bits per heavy atom. The first-order valence-electron chi connectivity index (χ1n) is 8.74. The van der Waals surface area contributed by atoms with E-state index < -0.39 is 0 Å². The molecule has 4 nitrogen and oxygen atoms in total. The Morgan fingerprint density at radius 2 is 1.78 bits per heavy atom. The Kier molecular flexibility index (Phi) is 4.29. The van der Waals surface area contributed by atoms with Crippen LogP contribution in [0.15, 0.2) is 35.5 Å². The summed E-state index contributed by atoms with van der Waals surface area (Å²) < 4.78 is 2.41. The van der Waals surface area contributed by atoms with E-state index in [-0.39, 0.29) is 0 Å². The van der Waals surface area contributed by atoms with Crippen LogP contribution in [0, 0.1) is 0 Å². The average Bonchev–Trinajstić information content (AvgIpc) is 3.37. The Labute approximate surface area is 142 Å². The minimum Gasteiger partial charge on any atom is -0.341 e. The quantitative estimate of drug-likeness (QED) is 0.759. The van der Waals surface area contributed by atoms with Crippen molar-refractivity contribution in [1.82, 2.24) is 14.8 Å². The first-order chi connectivity index (χ1) is 11.3. The fraction of sp³-hybridized carbons (Fsp3) is 0.556. The number of thioether (sulfide) groups is 1. The molecule has 1 saturated carbocycles. The first-order valence-corrected chi connectivity index (χ1v) is 9.62. The third-order valence-corrected chi connectivity index (χ3v) is 5.86. The van der Waals surface area contributed by atoms with Gasteiger partial charge in [0.1, 0.15) is 0 Å². The number of anilines is 1. The van der Waals surface area contributed by atoms with E-state index in [9.17, 15) is 0 Å². The zero-order valence-electron chi connectivity index (χ0n) is 13.7. The van der Waals surface area contributed by atoms with Crippen LogP contribution in [0.4, 0.5) is 5.95 Å². The van der Waals surface area contributed by atoms with Crippen molar-refractivity contribution >= 4 is 17.7 Å². The average molecular weight is 328 g/mol. The minimum atomic E-state index is 0.395. The van der Waals surface area contributed by atoms with Gasteiger partial charge in [0.25, 0.3) is 0 Å². The number of piperidine rings is 1. The molecule has 0 spiro atoms. The first kappa shape index (κ1) is 15.1. The summed E-state index contributed by atoms with van der Waals surface area (Å²) >= 11 is 1.84. The van der Waals surface area contributed by atoms with Crippen molar-refractivity contribution in [1.29, 1.82) is 0 Å². The van der Waals surface area contributed by atoms with E-state index in [1.54, 1.807) is 0 Å². The number of aromatic nitrogens is 3. The molecule has 0 N–H and O–H groups in total. The van der Waals surface area contributed by atoms with E-state index in [1.165, 1.54) is 37.7 Å². The van der Waals surface area contributed by atoms with Gasteiger partial charge in [-0.3, -0.25) is 4.57 Å². The molecule has 1 atom stereocenters. The lowest BCUT2D eigenvalue weighted by molar-refractivity contribution is 0.548. The minimum absolute atomic E-state index is 0.395. The number of rotatable bonds is 5. The lowest BCUT2D eigenvalue weighted by Gasteiger charge is -2.28. The highest BCUT2D eigenvalue weighted by atomic mass is 32.2. The molecule has 122 valence electrons. The van der Waals surface area contributed by atoms with Crippen LogP contribution >= 0.6 is 11.8 Å². The van der Waals surface area contributed by atoms with Crippen molar-refractivity contribution in [3.63, 3.8) is 0 Å². The molecule has 2 fully saturated rings. The molecule has 23 heavy (non-hydrogen) atoms. The molecule has 2 heterocycles. The summed E-state index contributed by atoms with van der Waals surface area (Å²) in [5.41, 5.74) is 1.35. The van der Waals surface area contributed by atoms with Crippen LogP contribution in [-0.4, -0.2) is 27.9 Å². The van der Waals surface area contributed by atoms with E-state index in [0.717, 1.165) is 24.2 Å². The van der Waals surface area contributed by atoms with E-state index in [1.807, 2.05) is 11.8 Å². The fourth-order valence-corrected chi connectivity index (χ4v) is 4.30. The highest BCUT2D eigenvalue weighted by Crippen LogP contribution is 2.44. The van der Waals surface area contributed by atoms with E-state index in [2.05, 4.69) is 56.9 Å². The second-order valence-electron chi connectivity index (χ2n) is 6.60. The van der Waals surface area contributed by atoms with Gasteiger partial charge >= 0.3 is 0 Å². The number of hydrogen-bond acceptors (Lipinski definition) is 4. The fourth-order valence-electron chi connectivity index (χ4n) is 3.26. The van der Waals surface area contributed by atoms with Crippen LogP contribution in [-0.2, 0) is 0 Å². The van der Waals surface area contributed by atoms with Crippen LogP contribution in [0.2, 0.25) is 0 Å². The van der Waals surface area contributed by atoms with Gasteiger partial charge in [0.05, 0.1) is 0 Å². The Bertz CT molecular complexity index is 644. The molecule has 1 aromatic carbocycles. The maximum Gasteiger partial charge on any atom is 0.228 e. The van der Waals surface area contributed by atoms with Gasteiger partial charge in [0.2, 0.25) is 5.95 Å². The second-order valence-corrected chi connectivity index (χ2v) is 7.91. The van der Waals surface area contributed by atoms with Crippen LogP contribution in [0.3, 0.4) is 0 Å². The van der Waals surface area contributed by atoms with E-state index in [0.29, 0.717) is 11.3 Å². The summed E-state index contributed by atoms with van der Waals surface area (Å²) in [7, 11) is 0. The normalized spacial score (nSPS) is 19.8. The molecule has 1 unspecified atom stereocenters. The lowest BCUT2D eigenvalue weighted by atomic mass is 10.1.